The molecule has 3 aliphatic carbocycles. The summed E-state index contributed by atoms with van der Waals surface area (Å²) in [7, 11) is 1.68. The molecule has 11 heteroatoms. The van der Waals surface area contributed by atoms with Crippen molar-refractivity contribution in [3.8, 4) is 17.0 Å². The van der Waals surface area contributed by atoms with Crippen LogP contribution < -0.4 is 9.64 Å². The Morgan fingerprint density at radius 2 is 1.65 bits per heavy atom. The van der Waals surface area contributed by atoms with Crippen LogP contribution in [-0.4, -0.2) is 88.7 Å². The van der Waals surface area contributed by atoms with Crippen LogP contribution in [-0.2, 0) is 9.53 Å². The van der Waals surface area contributed by atoms with E-state index in [2.05, 4.69) is 24.8 Å². The molecule has 0 spiro atoms. The maximum Gasteiger partial charge on any atom is 0.410 e. The zero-order valence-corrected chi connectivity index (χ0v) is 30.8. The third-order valence-corrected chi connectivity index (χ3v) is 11.6. The molecule has 11 nitrogen and oxygen atoms in total. The number of amides is 2. The van der Waals surface area contributed by atoms with Gasteiger partial charge in [0.05, 0.1) is 12.8 Å². The lowest BCUT2D eigenvalue weighted by atomic mass is 9.79. The topological polar surface area (TPSA) is 114 Å². The van der Waals surface area contributed by atoms with E-state index < -0.39 is 0 Å². The largest absolute Gasteiger partial charge is 0.495 e. The van der Waals surface area contributed by atoms with Gasteiger partial charge in [0.25, 0.3) is 0 Å². The third kappa shape index (κ3) is 8.40. The van der Waals surface area contributed by atoms with E-state index in [1.165, 1.54) is 0 Å². The number of anilines is 1. The van der Waals surface area contributed by atoms with Crippen molar-refractivity contribution in [3.05, 3.63) is 54.0 Å². The number of hydrogen-bond donors (Lipinski definition) is 0. The molecular formula is C40H54N6O5. The second-order valence-electron chi connectivity index (χ2n) is 15.4. The van der Waals surface area contributed by atoms with Gasteiger partial charge in [-0.3, -0.25) is 19.6 Å². The van der Waals surface area contributed by atoms with Crippen LogP contribution in [0.3, 0.4) is 0 Å². The molecule has 4 heterocycles. The molecule has 3 aromatic rings. The molecule has 1 aliphatic heterocycles. The van der Waals surface area contributed by atoms with Crippen LogP contribution in [0, 0.1) is 18.8 Å². The molecule has 0 atom stereocenters. The Bertz CT molecular complexity index is 1650. The molecule has 0 N–H and O–H groups in total. The number of pyridine rings is 2. The van der Waals surface area contributed by atoms with Crippen molar-refractivity contribution in [2.75, 3.05) is 44.7 Å². The van der Waals surface area contributed by atoms with Crippen LogP contribution in [0.2, 0.25) is 0 Å². The Hall–Kier alpha value is -3.99. The quantitative estimate of drug-likeness (QED) is 0.214. The summed E-state index contributed by atoms with van der Waals surface area (Å²) in [5.41, 5.74) is 3.74. The van der Waals surface area contributed by atoms with E-state index in [0.717, 1.165) is 85.9 Å². The molecule has 2 amide bonds. The minimum Gasteiger partial charge on any atom is -0.495 e. The number of rotatable bonds is 10. The molecule has 0 unspecified atom stereocenters. The molecule has 0 bridgehead atoms. The molecule has 1 saturated heterocycles. The van der Waals surface area contributed by atoms with Gasteiger partial charge in [-0.25, -0.2) is 14.8 Å². The highest BCUT2D eigenvalue weighted by Gasteiger charge is 2.36. The first kappa shape index (κ1) is 35.4. The first-order valence-corrected chi connectivity index (χ1v) is 19.2. The standard InChI is InChI=1S/C40H54N6O5/c1-26(2)44-19-21-45(22-20-44)40(48)51-33-13-11-31(12-14-33)39(47)46(37-23-32(17-18-41-37)35-25-50-38(43-35)30-9-10-30)24-28-5-7-29(8-6-28)34-15-16-36(49-4)27(3)42-34/h15-18,23,25-26,28-31,33H,5-14,19-22,24H2,1-4H3/t28-,29-,31-,33-. The van der Waals surface area contributed by atoms with Crippen molar-refractivity contribution in [1.29, 1.82) is 0 Å². The van der Waals surface area contributed by atoms with Crippen molar-refractivity contribution in [2.45, 2.75) is 109 Å². The fourth-order valence-corrected chi connectivity index (χ4v) is 8.16. The Labute approximate surface area is 302 Å². The van der Waals surface area contributed by atoms with E-state index in [-0.39, 0.29) is 24.0 Å². The van der Waals surface area contributed by atoms with Crippen molar-refractivity contribution in [3.63, 3.8) is 0 Å². The van der Waals surface area contributed by atoms with E-state index in [1.807, 2.05) is 34.9 Å². The highest BCUT2D eigenvalue weighted by Crippen LogP contribution is 2.41. The van der Waals surface area contributed by atoms with E-state index in [9.17, 15) is 9.59 Å². The van der Waals surface area contributed by atoms with Crippen LogP contribution in [0.25, 0.3) is 11.3 Å². The third-order valence-electron chi connectivity index (χ3n) is 11.6. The number of hydrogen-bond acceptors (Lipinski definition) is 9. The number of oxazole rings is 1. The smallest absolute Gasteiger partial charge is 0.410 e. The summed E-state index contributed by atoms with van der Waals surface area (Å²) in [6.45, 7) is 10.1. The predicted molar refractivity (Wildman–Crippen MR) is 195 cm³/mol. The van der Waals surface area contributed by atoms with Gasteiger partial charge in [0, 0.05) is 74.0 Å². The molecule has 4 fully saturated rings. The zero-order chi connectivity index (χ0) is 35.5. The SMILES string of the molecule is COc1ccc([C@H]2CC[C@H](CN(c3cc(-c4coc(C5CC5)n4)ccn3)C(=O)[C@H]3CC[C@H](OC(=O)N4CCN(C(C)C)CC4)CC3)CC2)nc1C. The molecule has 4 aliphatic rings. The second kappa shape index (κ2) is 15.7. The number of aryl methyl sites for hydroxylation is 1. The number of carbonyl (C=O) groups is 2. The van der Waals surface area contributed by atoms with Crippen molar-refractivity contribution >= 4 is 17.8 Å². The maximum absolute atomic E-state index is 14.5. The summed E-state index contributed by atoms with van der Waals surface area (Å²) in [6.07, 6.45) is 12.2. The van der Waals surface area contributed by atoms with Crippen LogP contribution in [0.4, 0.5) is 10.6 Å². The van der Waals surface area contributed by atoms with Crippen LogP contribution in [0.5, 0.6) is 5.75 Å². The predicted octanol–water partition coefficient (Wildman–Crippen LogP) is 7.35. The molecule has 7 rings (SSSR count). The highest BCUT2D eigenvalue weighted by atomic mass is 16.6. The zero-order valence-electron chi connectivity index (χ0n) is 30.8. The van der Waals surface area contributed by atoms with Gasteiger partial charge in [0.2, 0.25) is 5.91 Å². The van der Waals surface area contributed by atoms with Crippen LogP contribution in [0.15, 0.2) is 41.1 Å². The number of carbonyl (C=O) groups excluding carboxylic acids is 2. The number of methoxy groups -OCH3 is 1. The molecule has 0 radical (unpaired) electrons. The number of ether oxygens (including phenoxy) is 2. The fourth-order valence-electron chi connectivity index (χ4n) is 8.16. The Morgan fingerprint density at radius 3 is 2.31 bits per heavy atom. The van der Waals surface area contributed by atoms with Crippen molar-refractivity contribution in [2.24, 2.45) is 11.8 Å². The summed E-state index contributed by atoms with van der Waals surface area (Å²) in [6, 6.07) is 8.54. The highest BCUT2D eigenvalue weighted by molar-refractivity contribution is 5.94. The van der Waals surface area contributed by atoms with Crippen molar-refractivity contribution in [1.82, 2.24) is 24.8 Å². The summed E-state index contributed by atoms with van der Waals surface area (Å²) in [4.78, 5) is 48.0. The van der Waals surface area contributed by atoms with Gasteiger partial charge in [-0.05, 0) is 115 Å². The summed E-state index contributed by atoms with van der Waals surface area (Å²) in [5.74, 6) is 3.44. The van der Waals surface area contributed by atoms with Gasteiger partial charge < -0.3 is 18.8 Å². The number of nitrogens with zero attached hydrogens (tertiary/aromatic N) is 6. The average Bonchev–Trinajstić information content (AvgIpc) is 3.89. The van der Waals surface area contributed by atoms with Gasteiger partial charge >= 0.3 is 6.09 Å². The monoisotopic (exact) mass is 698 g/mol. The first-order valence-electron chi connectivity index (χ1n) is 19.2. The van der Waals surface area contributed by atoms with E-state index >= 15 is 0 Å². The molecule has 3 aromatic heterocycles. The lowest BCUT2D eigenvalue weighted by Crippen LogP contribution is -2.51. The van der Waals surface area contributed by atoms with E-state index in [4.69, 9.17) is 28.8 Å². The minimum atomic E-state index is -0.218. The molecule has 3 saturated carbocycles. The van der Waals surface area contributed by atoms with Gasteiger partial charge in [-0.1, -0.05) is 0 Å². The summed E-state index contributed by atoms with van der Waals surface area (Å²) in [5, 5.41) is 0. The van der Waals surface area contributed by atoms with E-state index in [0.29, 0.717) is 74.9 Å². The maximum atomic E-state index is 14.5. The normalized spacial score (nSPS) is 24.4. The Kier molecular flexibility index (Phi) is 10.9. The molecule has 274 valence electrons. The summed E-state index contributed by atoms with van der Waals surface area (Å²) >= 11 is 0. The second-order valence-corrected chi connectivity index (χ2v) is 15.4. The number of aromatic nitrogens is 3. The van der Waals surface area contributed by atoms with E-state index in [1.54, 1.807) is 19.6 Å². The van der Waals surface area contributed by atoms with Gasteiger partial charge in [-0.2, -0.15) is 0 Å². The van der Waals surface area contributed by atoms with Crippen molar-refractivity contribution < 1.29 is 23.5 Å². The number of piperazine rings is 1. The van der Waals surface area contributed by atoms with Gasteiger partial charge in [0.15, 0.2) is 5.89 Å². The Balaban J connectivity index is 1.01. The summed E-state index contributed by atoms with van der Waals surface area (Å²) < 4.78 is 17.2. The average molecular weight is 699 g/mol. The van der Waals surface area contributed by atoms with Gasteiger partial charge in [-0.15, -0.1) is 0 Å². The minimum absolute atomic E-state index is 0.114. The van der Waals surface area contributed by atoms with Gasteiger partial charge in [0.1, 0.15) is 29.6 Å². The Morgan fingerprint density at radius 1 is 0.922 bits per heavy atom. The fraction of sp³-hybridized carbons (Fsp3) is 0.625. The molecule has 51 heavy (non-hydrogen) atoms. The lowest BCUT2D eigenvalue weighted by molar-refractivity contribution is -0.124. The lowest BCUT2D eigenvalue weighted by Gasteiger charge is -2.38. The molecule has 0 aromatic carbocycles. The van der Waals surface area contributed by atoms with Crippen LogP contribution in [0.1, 0.15) is 107 Å². The first-order chi connectivity index (χ1) is 24.7. The van der Waals surface area contributed by atoms with Crippen LogP contribution >= 0.6 is 0 Å². The molecular weight excluding hydrogens is 644 g/mol.